The first kappa shape index (κ1) is 19.4. The molecule has 27 heavy (non-hydrogen) atoms. The topological polar surface area (TPSA) is 86.6 Å². The number of aliphatic hydroxyl groups is 1. The molecule has 1 aliphatic carbocycles. The molecule has 0 aliphatic heterocycles. The van der Waals surface area contributed by atoms with Crippen LogP contribution in [-0.4, -0.2) is 34.2 Å². The minimum Gasteiger partial charge on any atom is -0.478 e. The van der Waals surface area contributed by atoms with E-state index in [1.807, 2.05) is 0 Å². The molecule has 1 aliphatic rings. The van der Waals surface area contributed by atoms with Crippen molar-refractivity contribution in [2.24, 2.45) is 0 Å². The zero-order chi connectivity index (χ0) is 19.4. The summed E-state index contributed by atoms with van der Waals surface area (Å²) in [6.45, 7) is 0.179. The van der Waals surface area contributed by atoms with Gasteiger partial charge < -0.3 is 15.5 Å². The number of carbonyl (C=O) groups excluding carboxylic acids is 1. The van der Waals surface area contributed by atoms with Crippen LogP contribution in [0.3, 0.4) is 0 Å². The summed E-state index contributed by atoms with van der Waals surface area (Å²) in [6, 6.07) is 11.5. The fourth-order valence-corrected chi connectivity index (χ4v) is 3.72. The van der Waals surface area contributed by atoms with Crippen molar-refractivity contribution in [3.63, 3.8) is 0 Å². The van der Waals surface area contributed by atoms with Gasteiger partial charge in [-0.15, -0.1) is 0 Å². The van der Waals surface area contributed by atoms with Crippen LogP contribution in [0.1, 0.15) is 52.8 Å². The molecule has 0 atom stereocenters. The Kier molecular flexibility index (Phi) is 5.82. The molecule has 6 heteroatoms. The van der Waals surface area contributed by atoms with Gasteiger partial charge in [-0.2, -0.15) is 0 Å². The van der Waals surface area contributed by atoms with Gasteiger partial charge in [-0.3, -0.25) is 4.79 Å². The Morgan fingerprint density at radius 2 is 1.74 bits per heavy atom. The number of carboxylic acid groups (broad SMARTS) is 1. The van der Waals surface area contributed by atoms with Crippen LogP contribution in [0.5, 0.6) is 0 Å². The molecule has 0 radical (unpaired) electrons. The SMILES string of the molecule is O=C(NCC1(O)CCCCC1)c1cc(-c2ccccc2C(=O)O)ccc1Cl. The zero-order valence-corrected chi connectivity index (χ0v) is 15.6. The average Bonchev–Trinajstić information content (AvgIpc) is 2.67. The van der Waals surface area contributed by atoms with Gasteiger partial charge in [0.25, 0.3) is 5.91 Å². The predicted octanol–water partition coefficient (Wildman–Crippen LogP) is 4.13. The Balaban J connectivity index is 1.83. The molecule has 3 N–H and O–H groups in total. The van der Waals surface area contributed by atoms with Gasteiger partial charge in [-0.25, -0.2) is 4.79 Å². The third-order valence-electron chi connectivity index (χ3n) is 5.04. The van der Waals surface area contributed by atoms with Crippen molar-refractivity contribution in [3.8, 4) is 11.1 Å². The number of benzene rings is 2. The minimum absolute atomic E-state index is 0.155. The maximum absolute atomic E-state index is 12.6. The highest BCUT2D eigenvalue weighted by atomic mass is 35.5. The third kappa shape index (κ3) is 4.49. The Labute approximate surface area is 163 Å². The molecule has 5 nitrogen and oxygen atoms in total. The summed E-state index contributed by atoms with van der Waals surface area (Å²) in [6.07, 6.45) is 4.36. The van der Waals surface area contributed by atoms with Crippen LogP contribution in [0.15, 0.2) is 42.5 Å². The summed E-state index contributed by atoms with van der Waals surface area (Å²) in [5.41, 5.74) is 0.658. The van der Waals surface area contributed by atoms with Crippen molar-refractivity contribution < 1.29 is 19.8 Å². The molecule has 2 aromatic carbocycles. The molecule has 0 saturated heterocycles. The van der Waals surface area contributed by atoms with Crippen molar-refractivity contribution in [2.45, 2.75) is 37.7 Å². The zero-order valence-electron chi connectivity index (χ0n) is 14.9. The van der Waals surface area contributed by atoms with Crippen LogP contribution in [-0.2, 0) is 0 Å². The fraction of sp³-hybridized carbons (Fsp3) is 0.333. The molecular formula is C21H22ClNO4. The van der Waals surface area contributed by atoms with Crippen molar-refractivity contribution >= 4 is 23.5 Å². The molecular weight excluding hydrogens is 366 g/mol. The summed E-state index contributed by atoms with van der Waals surface area (Å²) in [5.74, 6) is -1.42. The predicted molar refractivity (Wildman–Crippen MR) is 104 cm³/mol. The van der Waals surface area contributed by atoms with E-state index in [9.17, 15) is 19.8 Å². The quantitative estimate of drug-likeness (QED) is 0.719. The number of carbonyl (C=O) groups is 2. The van der Waals surface area contributed by atoms with Gasteiger partial charge in [-0.1, -0.05) is 55.1 Å². The molecule has 3 rings (SSSR count). The summed E-state index contributed by atoms with van der Waals surface area (Å²) >= 11 is 6.20. The maximum Gasteiger partial charge on any atom is 0.336 e. The second-order valence-electron chi connectivity index (χ2n) is 7.01. The number of aromatic carboxylic acids is 1. The van der Waals surface area contributed by atoms with Crippen LogP contribution in [0, 0.1) is 0 Å². The number of amides is 1. The van der Waals surface area contributed by atoms with Gasteiger partial charge in [0.15, 0.2) is 0 Å². The van der Waals surface area contributed by atoms with E-state index >= 15 is 0 Å². The minimum atomic E-state index is -1.04. The average molecular weight is 388 g/mol. The first-order chi connectivity index (χ1) is 12.9. The van der Waals surface area contributed by atoms with E-state index in [1.165, 1.54) is 6.07 Å². The van der Waals surface area contributed by atoms with Gasteiger partial charge in [0.05, 0.1) is 21.8 Å². The van der Waals surface area contributed by atoms with Crippen molar-refractivity contribution in [3.05, 3.63) is 58.6 Å². The highest BCUT2D eigenvalue weighted by Crippen LogP contribution is 2.29. The van der Waals surface area contributed by atoms with Crippen molar-refractivity contribution in [1.29, 1.82) is 0 Å². The lowest BCUT2D eigenvalue weighted by molar-refractivity contribution is 0.00525. The largest absolute Gasteiger partial charge is 0.478 e. The maximum atomic E-state index is 12.6. The Hall–Kier alpha value is -2.37. The van der Waals surface area contributed by atoms with E-state index in [2.05, 4.69) is 5.32 Å². The van der Waals surface area contributed by atoms with Crippen LogP contribution < -0.4 is 5.32 Å². The molecule has 2 aromatic rings. The van der Waals surface area contributed by atoms with Gasteiger partial charge >= 0.3 is 5.97 Å². The van der Waals surface area contributed by atoms with E-state index in [-0.39, 0.29) is 28.6 Å². The molecule has 1 amide bonds. The lowest BCUT2D eigenvalue weighted by Gasteiger charge is -2.32. The molecule has 0 bridgehead atoms. The van der Waals surface area contributed by atoms with Crippen molar-refractivity contribution in [1.82, 2.24) is 5.32 Å². The van der Waals surface area contributed by atoms with Gasteiger partial charge in [0.2, 0.25) is 0 Å². The molecule has 1 fully saturated rings. The molecule has 1 saturated carbocycles. The molecule has 0 heterocycles. The highest BCUT2D eigenvalue weighted by Gasteiger charge is 2.29. The van der Waals surface area contributed by atoms with Gasteiger partial charge in [-0.05, 0) is 42.2 Å². The van der Waals surface area contributed by atoms with Crippen LogP contribution >= 0.6 is 11.6 Å². The number of hydrogen-bond donors (Lipinski definition) is 3. The second-order valence-corrected chi connectivity index (χ2v) is 7.42. The number of halogens is 1. The second kappa shape index (κ2) is 8.11. The first-order valence-electron chi connectivity index (χ1n) is 9.02. The molecule has 0 aromatic heterocycles. The Morgan fingerprint density at radius 3 is 2.44 bits per heavy atom. The van der Waals surface area contributed by atoms with Crippen LogP contribution in [0.25, 0.3) is 11.1 Å². The number of rotatable bonds is 5. The molecule has 142 valence electrons. The number of carboxylic acids is 1. The summed E-state index contributed by atoms with van der Waals surface area (Å²) < 4.78 is 0. The monoisotopic (exact) mass is 387 g/mol. The summed E-state index contributed by atoms with van der Waals surface area (Å²) in [4.78, 5) is 24.1. The Morgan fingerprint density at radius 1 is 1.04 bits per heavy atom. The van der Waals surface area contributed by atoms with E-state index < -0.39 is 11.6 Å². The molecule has 0 spiro atoms. The van der Waals surface area contributed by atoms with E-state index in [4.69, 9.17) is 11.6 Å². The van der Waals surface area contributed by atoms with Gasteiger partial charge in [0, 0.05) is 6.54 Å². The van der Waals surface area contributed by atoms with E-state index in [1.54, 1.807) is 36.4 Å². The number of hydrogen-bond acceptors (Lipinski definition) is 3. The summed E-state index contributed by atoms with van der Waals surface area (Å²) in [7, 11) is 0. The smallest absolute Gasteiger partial charge is 0.336 e. The lowest BCUT2D eigenvalue weighted by atomic mass is 9.85. The molecule has 0 unspecified atom stereocenters. The van der Waals surface area contributed by atoms with E-state index in [0.29, 0.717) is 24.0 Å². The fourth-order valence-electron chi connectivity index (χ4n) is 3.51. The lowest BCUT2D eigenvalue weighted by Crippen LogP contribution is -2.44. The number of nitrogens with one attached hydrogen (secondary N) is 1. The van der Waals surface area contributed by atoms with Crippen LogP contribution in [0.4, 0.5) is 0 Å². The third-order valence-corrected chi connectivity index (χ3v) is 5.37. The first-order valence-corrected chi connectivity index (χ1v) is 9.40. The Bertz CT molecular complexity index is 859. The van der Waals surface area contributed by atoms with Crippen molar-refractivity contribution in [2.75, 3.05) is 6.54 Å². The van der Waals surface area contributed by atoms with Gasteiger partial charge in [0.1, 0.15) is 0 Å². The standard InChI is InChI=1S/C21H22ClNO4/c22-18-9-8-14(15-6-2-3-7-16(15)20(25)26)12-17(18)19(24)23-13-21(27)10-4-1-5-11-21/h2-3,6-9,12,27H,1,4-5,10-11,13H2,(H,23,24)(H,25,26). The highest BCUT2D eigenvalue weighted by molar-refractivity contribution is 6.34. The normalized spacial score (nSPS) is 15.9. The summed E-state index contributed by atoms with van der Waals surface area (Å²) in [5, 5.41) is 23.0. The van der Waals surface area contributed by atoms with Crippen LogP contribution in [0.2, 0.25) is 5.02 Å². The van der Waals surface area contributed by atoms with E-state index in [0.717, 1.165) is 19.3 Å².